The standard InChI is InChI=1S/C10H10N4O4S/c1-7-2-3-8(14(15)16)6-9(7)19(17,18)13-10-11-4-5-12-10/h2-6H,1H3,(H2,11,12,13). The summed E-state index contributed by atoms with van der Waals surface area (Å²) in [6, 6.07) is 3.65. The van der Waals surface area contributed by atoms with E-state index in [0.29, 0.717) is 5.56 Å². The van der Waals surface area contributed by atoms with Crippen LogP contribution in [0.3, 0.4) is 0 Å². The van der Waals surface area contributed by atoms with Crippen LogP contribution in [0.1, 0.15) is 5.56 Å². The Morgan fingerprint density at radius 1 is 1.42 bits per heavy atom. The molecule has 0 radical (unpaired) electrons. The van der Waals surface area contributed by atoms with Gasteiger partial charge in [0.1, 0.15) is 0 Å². The van der Waals surface area contributed by atoms with Crippen LogP contribution in [0.25, 0.3) is 0 Å². The maximum Gasteiger partial charge on any atom is 0.270 e. The molecule has 9 heteroatoms. The smallest absolute Gasteiger partial charge is 0.270 e. The van der Waals surface area contributed by atoms with Gasteiger partial charge in [-0.2, -0.15) is 0 Å². The number of nitrogens with one attached hydrogen (secondary N) is 2. The number of H-pyrrole nitrogens is 1. The summed E-state index contributed by atoms with van der Waals surface area (Å²) in [6.45, 7) is 1.56. The van der Waals surface area contributed by atoms with Crippen LogP contribution in [0.2, 0.25) is 0 Å². The number of nitro groups is 1. The van der Waals surface area contributed by atoms with Gasteiger partial charge in [0.2, 0.25) is 5.95 Å². The average molecular weight is 282 g/mol. The van der Waals surface area contributed by atoms with Crippen molar-refractivity contribution in [3.8, 4) is 0 Å². The summed E-state index contributed by atoms with van der Waals surface area (Å²) in [7, 11) is -3.92. The quantitative estimate of drug-likeness (QED) is 0.649. The topological polar surface area (TPSA) is 118 Å². The molecule has 8 nitrogen and oxygen atoms in total. The number of non-ortho nitro benzene ring substituents is 1. The number of anilines is 1. The number of hydrogen-bond acceptors (Lipinski definition) is 5. The second-order valence-electron chi connectivity index (χ2n) is 3.75. The van der Waals surface area contributed by atoms with Gasteiger partial charge in [-0.3, -0.25) is 10.1 Å². The molecular weight excluding hydrogens is 272 g/mol. The Morgan fingerprint density at radius 3 is 2.74 bits per heavy atom. The number of benzene rings is 1. The lowest BCUT2D eigenvalue weighted by Gasteiger charge is -2.07. The molecule has 1 aromatic heterocycles. The van der Waals surface area contributed by atoms with Crippen molar-refractivity contribution >= 4 is 21.7 Å². The van der Waals surface area contributed by atoms with Crippen LogP contribution in [0, 0.1) is 17.0 Å². The first-order valence-corrected chi connectivity index (χ1v) is 6.66. The molecule has 2 rings (SSSR count). The number of nitrogens with zero attached hydrogens (tertiary/aromatic N) is 2. The highest BCUT2D eigenvalue weighted by Crippen LogP contribution is 2.22. The zero-order valence-electron chi connectivity index (χ0n) is 9.82. The molecular formula is C10H10N4O4S. The number of sulfonamides is 1. The maximum atomic E-state index is 12.1. The molecule has 0 aliphatic carbocycles. The van der Waals surface area contributed by atoms with E-state index >= 15 is 0 Å². The lowest BCUT2D eigenvalue weighted by Crippen LogP contribution is -2.15. The molecule has 1 heterocycles. The molecule has 0 unspecified atom stereocenters. The van der Waals surface area contributed by atoms with E-state index in [1.807, 2.05) is 0 Å². The third-order valence-electron chi connectivity index (χ3n) is 2.40. The molecule has 0 atom stereocenters. The second kappa shape index (κ2) is 4.69. The Bertz CT molecular complexity index is 709. The first-order valence-electron chi connectivity index (χ1n) is 5.17. The van der Waals surface area contributed by atoms with Gasteiger partial charge in [-0.25, -0.2) is 18.1 Å². The number of hydrogen-bond donors (Lipinski definition) is 2. The van der Waals surface area contributed by atoms with Crippen molar-refractivity contribution in [1.82, 2.24) is 9.97 Å². The minimum Gasteiger partial charge on any atom is -0.330 e. The SMILES string of the molecule is Cc1ccc([N+](=O)[O-])cc1S(=O)(=O)Nc1ncc[nH]1. The van der Waals surface area contributed by atoms with E-state index in [1.54, 1.807) is 6.92 Å². The zero-order chi connectivity index (χ0) is 14.0. The van der Waals surface area contributed by atoms with Crippen molar-refractivity contribution in [2.75, 3.05) is 4.72 Å². The van der Waals surface area contributed by atoms with Crippen LogP contribution in [-0.4, -0.2) is 23.3 Å². The van der Waals surface area contributed by atoms with Crippen molar-refractivity contribution in [1.29, 1.82) is 0 Å². The molecule has 0 fully saturated rings. The van der Waals surface area contributed by atoms with Crippen LogP contribution in [0.5, 0.6) is 0 Å². The molecule has 100 valence electrons. The molecule has 0 saturated carbocycles. The lowest BCUT2D eigenvalue weighted by atomic mass is 10.2. The molecule has 0 bridgehead atoms. The van der Waals surface area contributed by atoms with Gasteiger partial charge in [0.15, 0.2) is 0 Å². The Hall–Kier alpha value is -2.42. The van der Waals surface area contributed by atoms with Crippen LogP contribution in [0.4, 0.5) is 11.6 Å². The Morgan fingerprint density at radius 2 is 2.16 bits per heavy atom. The summed E-state index contributed by atoms with van der Waals surface area (Å²) >= 11 is 0. The van der Waals surface area contributed by atoms with Crippen molar-refractivity contribution < 1.29 is 13.3 Å². The first kappa shape index (κ1) is 13.0. The predicted molar refractivity (Wildman–Crippen MR) is 67.2 cm³/mol. The Labute approximate surface area is 108 Å². The van der Waals surface area contributed by atoms with E-state index in [2.05, 4.69) is 14.7 Å². The van der Waals surface area contributed by atoms with Gasteiger partial charge in [-0.1, -0.05) is 6.07 Å². The van der Waals surface area contributed by atoms with Gasteiger partial charge in [-0.05, 0) is 12.5 Å². The number of aryl methyl sites for hydroxylation is 1. The van der Waals surface area contributed by atoms with E-state index in [-0.39, 0.29) is 16.5 Å². The van der Waals surface area contributed by atoms with E-state index in [0.717, 1.165) is 6.07 Å². The summed E-state index contributed by atoms with van der Waals surface area (Å²) in [4.78, 5) is 16.2. The van der Waals surface area contributed by atoms with Gasteiger partial charge >= 0.3 is 0 Å². The monoisotopic (exact) mass is 282 g/mol. The summed E-state index contributed by atoms with van der Waals surface area (Å²) in [5.74, 6) is 0.0471. The fourth-order valence-electron chi connectivity index (χ4n) is 1.50. The summed E-state index contributed by atoms with van der Waals surface area (Å²) in [5, 5.41) is 10.7. The average Bonchev–Trinajstić information content (AvgIpc) is 2.81. The number of aromatic nitrogens is 2. The molecule has 0 amide bonds. The van der Waals surface area contributed by atoms with Gasteiger partial charge in [0, 0.05) is 24.5 Å². The molecule has 0 spiro atoms. The minimum absolute atomic E-state index is 0.0471. The van der Waals surface area contributed by atoms with Crippen molar-refractivity contribution in [3.63, 3.8) is 0 Å². The zero-order valence-corrected chi connectivity index (χ0v) is 10.6. The number of aromatic amines is 1. The van der Waals surface area contributed by atoms with Gasteiger partial charge in [0.25, 0.3) is 15.7 Å². The molecule has 0 aliphatic heterocycles. The van der Waals surface area contributed by atoms with E-state index in [1.165, 1.54) is 24.5 Å². The Balaban J connectivity index is 2.45. The maximum absolute atomic E-state index is 12.1. The van der Waals surface area contributed by atoms with Crippen molar-refractivity contribution in [3.05, 3.63) is 46.3 Å². The van der Waals surface area contributed by atoms with Crippen molar-refractivity contribution in [2.45, 2.75) is 11.8 Å². The highest BCUT2D eigenvalue weighted by atomic mass is 32.2. The number of imidazole rings is 1. The van der Waals surface area contributed by atoms with Crippen LogP contribution in [-0.2, 0) is 10.0 Å². The predicted octanol–water partition coefficient (Wildman–Crippen LogP) is 1.43. The fourth-order valence-corrected chi connectivity index (χ4v) is 2.74. The summed E-state index contributed by atoms with van der Waals surface area (Å²) in [6.07, 6.45) is 2.84. The minimum atomic E-state index is -3.92. The molecule has 19 heavy (non-hydrogen) atoms. The normalized spacial score (nSPS) is 11.2. The van der Waals surface area contributed by atoms with Crippen molar-refractivity contribution in [2.24, 2.45) is 0 Å². The van der Waals surface area contributed by atoms with Crippen LogP contribution >= 0.6 is 0 Å². The largest absolute Gasteiger partial charge is 0.330 e. The molecule has 2 N–H and O–H groups in total. The first-order chi connectivity index (χ1) is 8.90. The fraction of sp³-hybridized carbons (Fsp3) is 0.100. The molecule has 0 aliphatic rings. The van der Waals surface area contributed by atoms with Gasteiger partial charge < -0.3 is 4.98 Å². The lowest BCUT2D eigenvalue weighted by molar-refractivity contribution is -0.385. The van der Waals surface area contributed by atoms with Gasteiger partial charge in [0.05, 0.1) is 9.82 Å². The van der Waals surface area contributed by atoms with Crippen LogP contribution < -0.4 is 4.72 Å². The summed E-state index contributed by atoms with van der Waals surface area (Å²) in [5.41, 5.74) is 0.120. The number of nitro benzene ring substituents is 1. The molecule has 1 aromatic carbocycles. The Kier molecular flexibility index (Phi) is 3.21. The van der Waals surface area contributed by atoms with Crippen LogP contribution in [0.15, 0.2) is 35.5 Å². The van der Waals surface area contributed by atoms with E-state index in [9.17, 15) is 18.5 Å². The third-order valence-corrected chi connectivity index (χ3v) is 3.88. The highest BCUT2D eigenvalue weighted by molar-refractivity contribution is 7.92. The van der Waals surface area contributed by atoms with E-state index in [4.69, 9.17) is 0 Å². The number of rotatable bonds is 4. The molecule has 0 saturated heterocycles. The van der Waals surface area contributed by atoms with Gasteiger partial charge in [-0.15, -0.1) is 0 Å². The van der Waals surface area contributed by atoms with E-state index < -0.39 is 14.9 Å². The second-order valence-corrected chi connectivity index (χ2v) is 5.40. The molecule has 2 aromatic rings. The highest BCUT2D eigenvalue weighted by Gasteiger charge is 2.21. The summed E-state index contributed by atoms with van der Waals surface area (Å²) < 4.78 is 26.4. The third kappa shape index (κ3) is 2.71.